The first kappa shape index (κ1) is 20.7. The molecular formula is C23H22FN5O2S. The normalized spacial score (nSPS) is 14.7. The lowest BCUT2D eigenvalue weighted by Crippen LogP contribution is -2.29. The van der Waals surface area contributed by atoms with Crippen molar-refractivity contribution in [3.05, 3.63) is 58.5 Å². The van der Waals surface area contributed by atoms with Crippen LogP contribution < -0.4 is 5.32 Å². The summed E-state index contributed by atoms with van der Waals surface area (Å²) in [4.78, 5) is 24.6. The van der Waals surface area contributed by atoms with Crippen LogP contribution in [0.4, 0.5) is 9.52 Å². The first-order valence-corrected chi connectivity index (χ1v) is 11.5. The molecule has 7 nitrogen and oxygen atoms in total. The molecule has 0 spiro atoms. The topological polar surface area (TPSA) is 84.1 Å². The van der Waals surface area contributed by atoms with Crippen molar-refractivity contribution in [2.45, 2.75) is 32.7 Å². The number of aryl methyl sites for hydroxylation is 1. The molecule has 0 radical (unpaired) electrons. The summed E-state index contributed by atoms with van der Waals surface area (Å²) >= 11 is 1.39. The number of benzene rings is 1. The number of carbonyl (C=O) groups excluding carboxylic acids is 1. The molecule has 4 aromatic rings. The Balaban J connectivity index is 1.43. The highest BCUT2D eigenvalue weighted by Gasteiger charge is 2.21. The molecule has 0 unspecified atom stereocenters. The number of pyridine rings is 1. The second kappa shape index (κ2) is 8.76. The van der Waals surface area contributed by atoms with Crippen molar-refractivity contribution in [1.82, 2.24) is 20.0 Å². The highest BCUT2D eigenvalue weighted by Crippen LogP contribution is 2.29. The van der Waals surface area contributed by atoms with Crippen LogP contribution in [-0.4, -0.2) is 39.0 Å². The van der Waals surface area contributed by atoms with Crippen LogP contribution in [-0.2, 0) is 6.54 Å². The molecule has 4 heterocycles. The third-order valence-corrected chi connectivity index (χ3v) is 6.42. The van der Waals surface area contributed by atoms with E-state index in [-0.39, 0.29) is 17.2 Å². The minimum atomic E-state index is -0.427. The number of piperidine rings is 1. The number of halogens is 1. The van der Waals surface area contributed by atoms with Gasteiger partial charge in [-0.3, -0.25) is 15.0 Å². The lowest BCUT2D eigenvalue weighted by molar-refractivity contribution is 0.102. The molecule has 0 saturated carbocycles. The summed E-state index contributed by atoms with van der Waals surface area (Å²) < 4.78 is 19.7. The average molecular weight is 452 g/mol. The second-order valence-corrected chi connectivity index (χ2v) is 8.78. The van der Waals surface area contributed by atoms with E-state index < -0.39 is 5.82 Å². The average Bonchev–Trinajstić information content (AvgIpc) is 3.40. The Morgan fingerprint density at radius 3 is 2.84 bits per heavy atom. The Hall–Kier alpha value is -3.17. The number of aromatic nitrogens is 3. The minimum absolute atomic E-state index is 0.193. The number of hydrogen-bond donors (Lipinski definition) is 1. The molecule has 1 aromatic carbocycles. The van der Waals surface area contributed by atoms with Crippen LogP contribution in [0.25, 0.3) is 22.4 Å². The van der Waals surface area contributed by atoms with Crippen LogP contribution in [0.1, 0.15) is 41.0 Å². The molecular weight excluding hydrogens is 429 g/mol. The molecule has 32 heavy (non-hydrogen) atoms. The Kier molecular flexibility index (Phi) is 5.67. The number of thiazole rings is 1. The third kappa shape index (κ3) is 4.13. The lowest BCUT2D eigenvalue weighted by Gasteiger charge is -2.25. The van der Waals surface area contributed by atoms with Crippen LogP contribution in [0.5, 0.6) is 0 Å². The van der Waals surface area contributed by atoms with E-state index in [9.17, 15) is 9.18 Å². The van der Waals surface area contributed by atoms with E-state index >= 15 is 0 Å². The van der Waals surface area contributed by atoms with Gasteiger partial charge in [0.05, 0.1) is 28.0 Å². The van der Waals surface area contributed by atoms with E-state index in [0.29, 0.717) is 27.5 Å². The van der Waals surface area contributed by atoms with Crippen molar-refractivity contribution in [3.63, 3.8) is 0 Å². The van der Waals surface area contributed by atoms with E-state index in [0.717, 1.165) is 25.3 Å². The highest BCUT2D eigenvalue weighted by molar-refractivity contribution is 7.14. The van der Waals surface area contributed by atoms with Crippen LogP contribution >= 0.6 is 11.3 Å². The molecule has 0 atom stereocenters. The van der Waals surface area contributed by atoms with Crippen molar-refractivity contribution in [2.24, 2.45) is 0 Å². The van der Waals surface area contributed by atoms with Crippen molar-refractivity contribution in [1.29, 1.82) is 0 Å². The predicted molar refractivity (Wildman–Crippen MR) is 121 cm³/mol. The van der Waals surface area contributed by atoms with Crippen molar-refractivity contribution in [3.8, 4) is 11.3 Å². The van der Waals surface area contributed by atoms with E-state index in [2.05, 4.69) is 25.3 Å². The molecule has 5 rings (SSSR count). The van der Waals surface area contributed by atoms with Gasteiger partial charge in [0.25, 0.3) is 11.6 Å². The second-order valence-electron chi connectivity index (χ2n) is 7.92. The Morgan fingerprint density at radius 1 is 1.22 bits per heavy atom. The summed E-state index contributed by atoms with van der Waals surface area (Å²) in [5.41, 5.74) is 2.60. The fourth-order valence-electron chi connectivity index (χ4n) is 4.03. The summed E-state index contributed by atoms with van der Waals surface area (Å²) in [7, 11) is 0. The van der Waals surface area contributed by atoms with E-state index in [4.69, 9.17) is 4.52 Å². The molecule has 9 heteroatoms. The van der Waals surface area contributed by atoms with Gasteiger partial charge in [-0.15, -0.1) is 11.3 Å². The van der Waals surface area contributed by atoms with Crippen LogP contribution in [0, 0.1) is 12.7 Å². The fourth-order valence-corrected chi connectivity index (χ4v) is 4.73. The zero-order valence-electron chi connectivity index (χ0n) is 17.6. The Morgan fingerprint density at radius 2 is 2.03 bits per heavy atom. The molecule has 1 amide bonds. The van der Waals surface area contributed by atoms with Gasteiger partial charge in [0.2, 0.25) is 0 Å². The summed E-state index contributed by atoms with van der Waals surface area (Å²) in [5, 5.41) is 9.82. The number of anilines is 1. The summed E-state index contributed by atoms with van der Waals surface area (Å²) in [6.45, 7) is 4.70. The quantitative estimate of drug-likeness (QED) is 0.458. The largest absolute Gasteiger partial charge is 0.335 e. The van der Waals surface area contributed by atoms with Gasteiger partial charge < -0.3 is 4.52 Å². The zero-order chi connectivity index (χ0) is 22.1. The number of hydrogen-bond acceptors (Lipinski definition) is 7. The van der Waals surface area contributed by atoms with Crippen LogP contribution in [0.3, 0.4) is 0 Å². The van der Waals surface area contributed by atoms with E-state index in [1.54, 1.807) is 31.2 Å². The van der Waals surface area contributed by atoms with E-state index in [1.165, 1.54) is 36.7 Å². The van der Waals surface area contributed by atoms with Gasteiger partial charge in [0.1, 0.15) is 5.82 Å². The number of carbonyl (C=O) groups is 1. The molecule has 3 aromatic heterocycles. The Bertz CT molecular complexity index is 1280. The van der Waals surface area contributed by atoms with Crippen LogP contribution in [0.15, 0.2) is 40.2 Å². The maximum atomic E-state index is 14.4. The fraction of sp³-hybridized carbons (Fsp3) is 0.304. The molecule has 1 N–H and O–H groups in total. The SMILES string of the molecule is Cc1noc2nc(-c3ccccc3F)cc(C(=O)Nc3nc(CN4CCCCC4)cs3)c12. The molecule has 0 aliphatic carbocycles. The van der Waals surface area contributed by atoms with Gasteiger partial charge in [-0.05, 0) is 51.1 Å². The summed E-state index contributed by atoms with van der Waals surface area (Å²) in [6, 6.07) is 7.86. The standard InChI is InChI=1S/C23H22FN5O2S/c1-14-20-17(11-19(26-22(20)31-28-14)16-7-3-4-8-18(16)24)21(30)27-23-25-15(13-32-23)12-29-9-5-2-6-10-29/h3-4,7-8,11,13H,2,5-6,9-10,12H2,1H3,(H,25,27,30). The molecule has 164 valence electrons. The monoisotopic (exact) mass is 451 g/mol. The smallest absolute Gasteiger partial charge is 0.259 e. The number of nitrogens with zero attached hydrogens (tertiary/aromatic N) is 4. The predicted octanol–water partition coefficient (Wildman–Crippen LogP) is 5.03. The number of fused-ring (bicyclic) bond motifs is 1. The maximum Gasteiger partial charge on any atom is 0.259 e. The Labute approximate surface area is 188 Å². The first-order chi connectivity index (χ1) is 15.6. The number of likely N-dealkylation sites (tertiary alicyclic amines) is 1. The van der Waals surface area contributed by atoms with Gasteiger partial charge in [-0.2, -0.15) is 0 Å². The lowest BCUT2D eigenvalue weighted by atomic mass is 10.0. The van der Waals surface area contributed by atoms with Gasteiger partial charge in [0.15, 0.2) is 5.13 Å². The van der Waals surface area contributed by atoms with Crippen molar-refractivity contribution in [2.75, 3.05) is 18.4 Å². The number of nitrogens with one attached hydrogen (secondary N) is 1. The van der Waals surface area contributed by atoms with Crippen LogP contribution in [0.2, 0.25) is 0 Å². The summed E-state index contributed by atoms with van der Waals surface area (Å²) in [5.74, 6) is -0.788. The molecule has 1 saturated heterocycles. The molecule has 1 aliphatic rings. The van der Waals surface area contributed by atoms with Gasteiger partial charge in [0, 0.05) is 17.5 Å². The van der Waals surface area contributed by atoms with E-state index in [1.807, 2.05) is 5.38 Å². The van der Waals surface area contributed by atoms with Crippen molar-refractivity contribution < 1.29 is 13.7 Å². The minimum Gasteiger partial charge on any atom is -0.335 e. The highest BCUT2D eigenvalue weighted by atomic mass is 32.1. The summed E-state index contributed by atoms with van der Waals surface area (Å²) in [6.07, 6.45) is 3.72. The number of amides is 1. The van der Waals surface area contributed by atoms with Crippen molar-refractivity contribution >= 4 is 33.5 Å². The first-order valence-electron chi connectivity index (χ1n) is 10.6. The van der Waals surface area contributed by atoms with Gasteiger partial charge >= 0.3 is 0 Å². The number of rotatable bonds is 5. The molecule has 0 bridgehead atoms. The third-order valence-electron chi connectivity index (χ3n) is 5.62. The van der Waals surface area contributed by atoms with Gasteiger partial charge in [-0.25, -0.2) is 14.4 Å². The van der Waals surface area contributed by atoms with Gasteiger partial charge in [-0.1, -0.05) is 23.7 Å². The molecule has 1 fully saturated rings. The zero-order valence-corrected chi connectivity index (χ0v) is 18.4. The maximum absolute atomic E-state index is 14.4. The molecule has 1 aliphatic heterocycles.